The highest BCUT2D eigenvalue weighted by Gasteiger charge is 2.34. The van der Waals surface area contributed by atoms with Gasteiger partial charge in [-0.1, -0.05) is 0 Å². The van der Waals surface area contributed by atoms with Crippen molar-refractivity contribution in [3.05, 3.63) is 17.3 Å². The smallest absolute Gasteiger partial charge is 0.322 e. The zero-order valence-corrected chi connectivity index (χ0v) is 48.8. The van der Waals surface area contributed by atoms with E-state index in [4.69, 9.17) is 28.7 Å². The number of phenols is 4. The molecular formula is C50H67N13O22S3. The minimum Gasteiger partial charge on any atom is -0.504 e. The van der Waals surface area contributed by atoms with Gasteiger partial charge in [0.1, 0.15) is 55.9 Å². The van der Waals surface area contributed by atoms with Crippen LogP contribution in [0.5, 0.6) is 23.0 Å². The molecule has 0 saturated carbocycles. The number of amides is 6. The lowest BCUT2D eigenvalue weighted by Gasteiger charge is -2.21. The maximum atomic E-state index is 13.6. The number of carbonyl (C=O) groups is 12. The van der Waals surface area contributed by atoms with Crippen LogP contribution in [0.1, 0.15) is 49.7 Å². The van der Waals surface area contributed by atoms with Crippen molar-refractivity contribution in [3.63, 3.8) is 0 Å². The second-order valence-corrected chi connectivity index (χ2v) is 22.3. The molecule has 35 nitrogen and oxygen atoms in total. The predicted octanol–water partition coefficient (Wildman–Crippen LogP) is -3.95. The first kappa shape index (κ1) is 71.7. The molecule has 4 rings (SSSR count). The van der Waals surface area contributed by atoms with E-state index in [0.717, 1.165) is 0 Å². The Bertz CT molecular complexity index is 3320. The first-order chi connectivity index (χ1) is 41.4. The van der Waals surface area contributed by atoms with Gasteiger partial charge in [0.05, 0.1) is 37.0 Å². The Morgan fingerprint density at radius 3 is 1.19 bits per heavy atom. The van der Waals surface area contributed by atoms with Gasteiger partial charge in [-0.2, -0.15) is 0 Å². The molecule has 2 heterocycles. The summed E-state index contributed by atoms with van der Waals surface area (Å²) in [5.74, 6) is -20.1. The van der Waals surface area contributed by atoms with Crippen molar-refractivity contribution in [3.8, 4) is 34.3 Å². The second-order valence-electron chi connectivity index (χ2n) is 19.2. The van der Waals surface area contributed by atoms with Crippen LogP contribution >= 0.6 is 35.3 Å². The third kappa shape index (κ3) is 19.6. The molecule has 0 aliphatic heterocycles. The van der Waals surface area contributed by atoms with E-state index < -0.39 is 200 Å². The van der Waals surface area contributed by atoms with E-state index in [-0.39, 0.29) is 85.7 Å². The van der Waals surface area contributed by atoms with Crippen LogP contribution in [0.4, 0.5) is 0 Å². The zero-order valence-electron chi connectivity index (χ0n) is 46.3. The maximum Gasteiger partial charge on any atom is 0.322 e. The number of hydrogen-bond acceptors (Lipinski definition) is 24. The Kier molecular flexibility index (Phi) is 27.2. The zero-order chi connectivity index (χ0) is 65.9. The largest absolute Gasteiger partial charge is 0.504 e. The number of thioether (sulfide) groups is 3. The van der Waals surface area contributed by atoms with Crippen LogP contribution in [0.2, 0.25) is 0 Å². The van der Waals surface area contributed by atoms with Crippen molar-refractivity contribution in [2.45, 2.75) is 102 Å². The fraction of sp³-hybridized carbons (Fsp3) is 0.440. The number of rotatable bonds is 38. The minimum atomic E-state index is -1.68. The Morgan fingerprint density at radius 2 is 0.830 bits per heavy atom. The third-order valence-corrected chi connectivity index (χ3v) is 16.3. The van der Waals surface area contributed by atoms with Gasteiger partial charge in [-0.05, 0) is 56.3 Å². The Balaban J connectivity index is 2.05. The van der Waals surface area contributed by atoms with Crippen molar-refractivity contribution in [2.75, 3.05) is 50.0 Å². The molecule has 0 aliphatic rings. The third-order valence-electron chi connectivity index (χ3n) is 12.8. The van der Waals surface area contributed by atoms with E-state index in [1.165, 1.54) is 6.20 Å². The van der Waals surface area contributed by atoms with Crippen LogP contribution in [0.25, 0.3) is 33.1 Å². The summed E-state index contributed by atoms with van der Waals surface area (Å²) in [7, 11) is 0. The number of fused-ring (bicyclic) bond motifs is 2. The number of carboxylic acids is 6. The molecule has 0 spiro atoms. The number of carbonyl (C=O) groups excluding carboxylic acids is 6. The van der Waals surface area contributed by atoms with Crippen LogP contribution in [-0.4, -0.2) is 219 Å². The van der Waals surface area contributed by atoms with Gasteiger partial charge in [0.2, 0.25) is 35.4 Å². The van der Waals surface area contributed by atoms with Crippen molar-refractivity contribution in [1.29, 1.82) is 0 Å². The first-order valence-electron chi connectivity index (χ1n) is 26.2. The molecule has 0 saturated heterocycles. The quantitative estimate of drug-likeness (QED) is 0.0150. The molecule has 6 amide bonds. The molecule has 6 atom stereocenters. The predicted molar refractivity (Wildman–Crippen MR) is 312 cm³/mol. The van der Waals surface area contributed by atoms with Gasteiger partial charge in [-0.15, -0.1) is 35.3 Å². The topological polar surface area (TPSA) is 641 Å². The van der Waals surface area contributed by atoms with Crippen molar-refractivity contribution in [1.82, 2.24) is 41.9 Å². The number of nitrogens with two attached hydrogens (primary N) is 5. The normalized spacial score (nSPS) is 13.3. The number of aromatic nitrogens is 2. The van der Waals surface area contributed by atoms with Gasteiger partial charge in [0.25, 0.3) is 0 Å². The van der Waals surface area contributed by atoms with Gasteiger partial charge in [0, 0.05) is 53.5 Å². The lowest BCUT2D eigenvalue weighted by atomic mass is 9.98. The second kappa shape index (κ2) is 33.4. The molecule has 2 aromatic carbocycles. The molecule has 0 fully saturated rings. The first-order valence-corrected chi connectivity index (χ1v) is 29.2. The number of hydrogen-bond donors (Lipinski definition) is 23. The minimum absolute atomic E-state index is 0.0162. The number of H-pyrrole nitrogens is 2. The number of aromatic hydroxyl groups is 4. The summed E-state index contributed by atoms with van der Waals surface area (Å²) >= 11 is 1.84. The highest BCUT2D eigenvalue weighted by molar-refractivity contribution is 8.00. The molecule has 0 radical (unpaired) electrons. The molecule has 88 heavy (non-hydrogen) atoms. The summed E-state index contributed by atoms with van der Waals surface area (Å²) in [5.41, 5.74) is 28.9. The Hall–Kier alpha value is -8.79. The molecule has 0 bridgehead atoms. The SMILES string of the molecule is NCCc1c[nH]c2c(-c3[nH]c4c(SC[C@@H](NC(=O)CC[C@H](N)C(=O)O)C(=O)NCC(=O)O)c(O)c(O)c(SC[C@@H](NC(=O)CC[C@H](N)C(=O)O)C(=O)NCC(=O)O)c4c3CCN)c(O)c(O)c(SC[C@@H](NC(=O)CC[C@H](N)C(=O)O)C(=O)NCC(=O)O)c12. The van der Waals surface area contributed by atoms with Crippen molar-refractivity contribution >= 4 is 128 Å². The molecule has 0 unspecified atom stereocenters. The van der Waals surface area contributed by atoms with Crippen LogP contribution in [0.15, 0.2) is 20.9 Å². The Morgan fingerprint density at radius 1 is 0.477 bits per heavy atom. The highest BCUT2D eigenvalue weighted by Crippen LogP contribution is 2.55. The number of benzene rings is 2. The standard InChI is InChI=1S/C50H67N13O22S3/c51-9-7-18-11-56-36-32(18)42(86-15-23(45(77)57-12-29(67)68)60-26(64)4-1-20(53)48(80)81)39(74)38(73)34(36)35-19(8-10-52)33-37(63-35)44(88-17-25(47(79)59-14-31(71)72)62-28(66)6-3-22(55)50(84)85)41(76)40(75)43(33)87-16-24(46(78)58-13-30(69)70)61-27(65)5-2-21(54)49(82)83/h11,20-25,56,63,73-76H,1-10,12-17,51-55H2,(H,57,77)(H,58,78)(H,59,79)(H,60,64)(H,61,65)(H,62,66)(H,67,68)(H,69,70)(H,71,72)(H,80,81)(H,82,83)(H,84,85)/t20-,21-,22-,23+,24+,25+/m0/s1. The summed E-state index contributed by atoms with van der Waals surface area (Å²) in [6.45, 7) is -3.07. The Labute approximate surface area is 509 Å². The molecule has 482 valence electrons. The number of aromatic amines is 2. The number of carboxylic acid groups (broad SMARTS) is 6. The monoisotopic (exact) mass is 1300 g/mol. The van der Waals surface area contributed by atoms with E-state index in [1.807, 2.05) is 0 Å². The summed E-state index contributed by atoms with van der Waals surface area (Å²) in [6.07, 6.45) is -1.47. The van der Waals surface area contributed by atoms with Crippen molar-refractivity contribution in [2.24, 2.45) is 28.7 Å². The van der Waals surface area contributed by atoms with Crippen LogP contribution in [-0.2, 0) is 70.4 Å². The van der Waals surface area contributed by atoms with Gasteiger partial charge in [0.15, 0.2) is 23.0 Å². The van der Waals surface area contributed by atoms with E-state index in [1.54, 1.807) is 0 Å². The fourth-order valence-corrected chi connectivity index (χ4v) is 11.8. The number of aliphatic carboxylic acids is 6. The lowest BCUT2D eigenvalue weighted by Crippen LogP contribution is -2.49. The number of phenolic OH excluding ortho intramolecular Hbond substituents is 4. The van der Waals surface area contributed by atoms with Crippen LogP contribution in [0.3, 0.4) is 0 Å². The average molecular weight is 1300 g/mol. The molecule has 28 N–H and O–H groups in total. The summed E-state index contributed by atoms with van der Waals surface area (Å²) < 4.78 is 0. The van der Waals surface area contributed by atoms with E-state index in [9.17, 15) is 109 Å². The van der Waals surface area contributed by atoms with E-state index in [2.05, 4.69) is 41.9 Å². The molecular weight excluding hydrogens is 1230 g/mol. The summed E-state index contributed by atoms with van der Waals surface area (Å²) in [5, 5.41) is 118. The molecule has 2 aromatic heterocycles. The van der Waals surface area contributed by atoms with Gasteiger partial charge in [-0.25, -0.2) is 0 Å². The number of nitrogens with one attached hydrogen (secondary N) is 8. The average Bonchev–Trinajstić information content (AvgIpc) is 1.56. The van der Waals surface area contributed by atoms with Crippen molar-refractivity contribution < 1.29 is 109 Å². The van der Waals surface area contributed by atoms with Crippen LogP contribution in [0, 0.1) is 0 Å². The summed E-state index contributed by atoms with van der Waals surface area (Å²) in [6, 6.07) is -9.41. The van der Waals surface area contributed by atoms with E-state index in [0.29, 0.717) is 40.8 Å². The lowest BCUT2D eigenvalue weighted by molar-refractivity contribution is -0.140. The van der Waals surface area contributed by atoms with Crippen LogP contribution < -0.4 is 60.6 Å². The molecule has 38 heteroatoms. The van der Waals surface area contributed by atoms with Gasteiger partial charge >= 0.3 is 35.8 Å². The van der Waals surface area contributed by atoms with E-state index >= 15 is 0 Å². The maximum absolute atomic E-state index is 13.6. The fourth-order valence-electron chi connectivity index (χ4n) is 8.36. The molecule has 0 aliphatic carbocycles. The molecule has 4 aromatic rings. The van der Waals surface area contributed by atoms with Gasteiger partial charge < -0.3 is 122 Å². The van der Waals surface area contributed by atoms with Gasteiger partial charge in [-0.3, -0.25) is 57.5 Å². The highest BCUT2D eigenvalue weighted by atomic mass is 32.2. The summed E-state index contributed by atoms with van der Waals surface area (Å²) in [4.78, 5) is 154.